The van der Waals surface area contributed by atoms with Crippen molar-refractivity contribution in [2.75, 3.05) is 0 Å². The smallest absolute Gasteiger partial charge is 0.169 e. The van der Waals surface area contributed by atoms with E-state index in [1.165, 1.54) is 0 Å². The maximum atomic E-state index is 4.78. The van der Waals surface area contributed by atoms with Crippen molar-refractivity contribution in [3.05, 3.63) is 60.4 Å². The van der Waals surface area contributed by atoms with Crippen LogP contribution in [0.4, 0.5) is 0 Å². The Morgan fingerprint density at radius 1 is 1.04 bits per heavy atom. The molecule has 0 radical (unpaired) electrons. The summed E-state index contributed by atoms with van der Waals surface area (Å²) in [5.41, 5.74) is 3.13. The fourth-order valence-electron chi connectivity index (χ4n) is 2.86. The highest BCUT2D eigenvalue weighted by molar-refractivity contribution is 7.99. The molecule has 4 aromatic rings. The third-order valence-electron chi connectivity index (χ3n) is 4.08. The van der Waals surface area contributed by atoms with Gasteiger partial charge in [-0.1, -0.05) is 42.1 Å². The number of para-hydroxylation sites is 3. The van der Waals surface area contributed by atoms with Crippen LogP contribution in [0.2, 0.25) is 0 Å². The molecule has 4 rings (SSSR count). The van der Waals surface area contributed by atoms with Crippen LogP contribution in [0, 0.1) is 0 Å². The third-order valence-corrected chi connectivity index (χ3v) is 5.16. The molecule has 126 valence electrons. The monoisotopic (exact) mass is 350 g/mol. The fourth-order valence-corrected chi connectivity index (χ4v) is 3.93. The van der Waals surface area contributed by atoms with E-state index in [2.05, 4.69) is 40.0 Å². The van der Waals surface area contributed by atoms with E-state index >= 15 is 0 Å². The molecule has 2 aromatic carbocycles. The summed E-state index contributed by atoms with van der Waals surface area (Å²) in [6.07, 6.45) is 0. The second kappa shape index (κ2) is 6.68. The molecule has 1 unspecified atom stereocenters. The lowest BCUT2D eigenvalue weighted by Crippen LogP contribution is -2.06. The Hall–Kier alpha value is -2.67. The van der Waals surface area contributed by atoms with Crippen LogP contribution >= 0.6 is 11.8 Å². The van der Waals surface area contributed by atoms with Gasteiger partial charge in [0.1, 0.15) is 0 Å². The van der Waals surface area contributed by atoms with Gasteiger partial charge in [0.15, 0.2) is 11.0 Å². The first-order valence-electron chi connectivity index (χ1n) is 8.23. The Morgan fingerprint density at radius 3 is 2.60 bits per heavy atom. The van der Waals surface area contributed by atoms with E-state index in [1.807, 2.05) is 48.5 Å². The standard InChI is InChI=1S/C18H18N6S/c1-3-23-16-12-8-7-11-15(16)19-18(23)25-13(2)17-20-21-22-24(17)14-9-5-4-6-10-14/h4-13H,3H2,1-2H3. The number of imidazole rings is 1. The quantitative estimate of drug-likeness (QED) is 0.511. The molecule has 25 heavy (non-hydrogen) atoms. The number of rotatable bonds is 5. The SMILES string of the molecule is CCn1c(SC(C)c2nnnn2-c2ccccc2)nc2ccccc21. The molecule has 0 fully saturated rings. The van der Waals surface area contributed by atoms with Crippen molar-refractivity contribution >= 4 is 22.8 Å². The molecule has 7 heteroatoms. The summed E-state index contributed by atoms with van der Waals surface area (Å²) >= 11 is 1.68. The molecule has 0 N–H and O–H groups in total. The number of nitrogens with zero attached hydrogens (tertiary/aromatic N) is 6. The highest BCUT2D eigenvalue weighted by Crippen LogP contribution is 2.35. The minimum absolute atomic E-state index is 0.0670. The molecule has 0 aliphatic rings. The maximum absolute atomic E-state index is 4.78. The number of aryl methyl sites for hydroxylation is 1. The van der Waals surface area contributed by atoms with Crippen molar-refractivity contribution in [2.24, 2.45) is 0 Å². The van der Waals surface area contributed by atoms with Crippen LogP contribution in [0.25, 0.3) is 16.7 Å². The number of benzene rings is 2. The van der Waals surface area contributed by atoms with E-state index in [1.54, 1.807) is 16.4 Å². The molecule has 6 nitrogen and oxygen atoms in total. The molecule has 0 amide bonds. The Balaban J connectivity index is 1.68. The second-order valence-corrected chi connectivity index (χ2v) is 6.98. The van der Waals surface area contributed by atoms with Crippen LogP contribution in [0.1, 0.15) is 24.9 Å². The third kappa shape index (κ3) is 2.91. The highest BCUT2D eigenvalue weighted by atomic mass is 32.2. The van der Waals surface area contributed by atoms with Crippen LogP contribution in [0.15, 0.2) is 59.8 Å². The summed E-state index contributed by atoms with van der Waals surface area (Å²) in [5, 5.41) is 13.3. The first kappa shape index (κ1) is 15.8. The molecule has 2 heterocycles. The van der Waals surface area contributed by atoms with Gasteiger partial charge >= 0.3 is 0 Å². The van der Waals surface area contributed by atoms with Crippen LogP contribution < -0.4 is 0 Å². The molecule has 0 saturated carbocycles. The van der Waals surface area contributed by atoms with Crippen molar-refractivity contribution in [3.8, 4) is 5.69 Å². The summed E-state index contributed by atoms with van der Waals surface area (Å²) in [6.45, 7) is 5.12. The summed E-state index contributed by atoms with van der Waals surface area (Å²) in [5.74, 6) is 0.811. The molecule has 0 aliphatic carbocycles. The van der Waals surface area contributed by atoms with E-state index in [0.717, 1.165) is 34.2 Å². The number of aromatic nitrogens is 6. The van der Waals surface area contributed by atoms with Gasteiger partial charge < -0.3 is 4.57 Å². The molecule has 0 spiro atoms. The first-order valence-corrected chi connectivity index (χ1v) is 9.11. The van der Waals surface area contributed by atoms with E-state index in [9.17, 15) is 0 Å². The summed E-state index contributed by atoms with van der Waals surface area (Å²) < 4.78 is 4.02. The molecule has 0 bridgehead atoms. The predicted molar refractivity (Wildman–Crippen MR) is 98.8 cm³/mol. The van der Waals surface area contributed by atoms with Crippen molar-refractivity contribution in [3.63, 3.8) is 0 Å². The Bertz CT molecular complexity index is 991. The average Bonchev–Trinajstić information content (AvgIpc) is 3.26. The van der Waals surface area contributed by atoms with Crippen molar-refractivity contribution in [1.82, 2.24) is 29.8 Å². The number of hydrogen-bond acceptors (Lipinski definition) is 5. The van der Waals surface area contributed by atoms with Gasteiger partial charge in [0.2, 0.25) is 0 Å². The molecular weight excluding hydrogens is 332 g/mol. The van der Waals surface area contributed by atoms with Crippen LogP contribution in [0.5, 0.6) is 0 Å². The minimum Gasteiger partial charge on any atom is -0.319 e. The zero-order chi connectivity index (χ0) is 17.2. The molecule has 0 saturated heterocycles. The van der Waals surface area contributed by atoms with Gasteiger partial charge in [-0.25, -0.2) is 4.98 Å². The van der Waals surface area contributed by atoms with E-state index < -0.39 is 0 Å². The Labute approximate surface area is 149 Å². The lowest BCUT2D eigenvalue weighted by Gasteiger charge is -2.12. The van der Waals surface area contributed by atoms with Gasteiger partial charge in [0, 0.05) is 6.54 Å². The molecule has 2 aromatic heterocycles. The predicted octanol–water partition coefficient (Wildman–Crippen LogP) is 3.89. The molecular formula is C18H18N6S. The Kier molecular flexibility index (Phi) is 4.23. The first-order chi connectivity index (χ1) is 12.3. The average molecular weight is 350 g/mol. The van der Waals surface area contributed by atoms with Crippen molar-refractivity contribution < 1.29 is 0 Å². The number of hydrogen-bond donors (Lipinski definition) is 0. The van der Waals surface area contributed by atoms with Gasteiger partial charge in [0.25, 0.3) is 0 Å². The molecule has 0 aliphatic heterocycles. The van der Waals surface area contributed by atoms with Gasteiger partial charge in [-0.15, -0.1) is 5.10 Å². The lowest BCUT2D eigenvalue weighted by molar-refractivity contribution is 0.698. The number of tetrazole rings is 1. The van der Waals surface area contributed by atoms with Gasteiger partial charge in [-0.2, -0.15) is 4.68 Å². The zero-order valence-corrected chi connectivity index (χ0v) is 14.9. The highest BCUT2D eigenvalue weighted by Gasteiger charge is 2.20. The van der Waals surface area contributed by atoms with Gasteiger partial charge in [0.05, 0.1) is 22.0 Å². The Morgan fingerprint density at radius 2 is 1.80 bits per heavy atom. The second-order valence-electron chi connectivity index (χ2n) is 5.67. The van der Waals surface area contributed by atoms with Gasteiger partial charge in [-0.3, -0.25) is 0 Å². The largest absolute Gasteiger partial charge is 0.319 e. The maximum Gasteiger partial charge on any atom is 0.169 e. The summed E-state index contributed by atoms with van der Waals surface area (Å²) in [4.78, 5) is 4.78. The van der Waals surface area contributed by atoms with Gasteiger partial charge in [-0.05, 0) is 48.5 Å². The van der Waals surface area contributed by atoms with E-state index in [0.29, 0.717) is 0 Å². The van der Waals surface area contributed by atoms with Crippen LogP contribution in [-0.4, -0.2) is 29.8 Å². The van der Waals surface area contributed by atoms with Crippen LogP contribution in [-0.2, 0) is 6.54 Å². The topological polar surface area (TPSA) is 61.4 Å². The normalized spacial score (nSPS) is 12.6. The van der Waals surface area contributed by atoms with E-state index in [-0.39, 0.29) is 5.25 Å². The summed E-state index contributed by atoms with van der Waals surface area (Å²) in [7, 11) is 0. The summed E-state index contributed by atoms with van der Waals surface area (Å²) in [6, 6.07) is 18.2. The van der Waals surface area contributed by atoms with Crippen molar-refractivity contribution in [2.45, 2.75) is 30.8 Å². The molecule has 1 atom stereocenters. The van der Waals surface area contributed by atoms with E-state index in [4.69, 9.17) is 4.98 Å². The number of thioether (sulfide) groups is 1. The lowest BCUT2D eigenvalue weighted by atomic mass is 10.3. The van der Waals surface area contributed by atoms with Crippen LogP contribution in [0.3, 0.4) is 0 Å². The van der Waals surface area contributed by atoms with Crippen molar-refractivity contribution in [1.29, 1.82) is 0 Å². The fraction of sp³-hybridized carbons (Fsp3) is 0.222. The number of fused-ring (bicyclic) bond motifs is 1. The zero-order valence-electron chi connectivity index (χ0n) is 14.1. The minimum atomic E-state index is 0.0670.